The molecule has 2 aliphatic carbocycles. The lowest BCUT2D eigenvalue weighted by Gasteiger charge is -2.45. The first kappa shape index (κ1) is 97.0. The Labute approximate surface area is 779 Å². The van der Waals surface area contributed by atoms with E-state index in [9.17, 15) is 9.59 Å². The Morgan fingerprint density at radius 3 is 1.18 bits per heavy atom. The largest absolute Gasteiger partial charge is 0.385 e. The number of hydrogen-bond donors (Lipinski definition) is 3. The van der Waals surface area contributed by atoms with Crippen LogP contribution in [0.3, 0.4) is 0 Å². The lowest BCUT2D eigenvalue weighted by atomic mass is 9.69. The molecule has 2 amide bonds. The second-order valence-corrected chi connectivity index (χ2v) is 46.6. The summed E-state index contributed by atoms with van der Waals surface area (Å²) in [5, 5.41) is 10.9. The monoisotopic (exact) mass is 1780 g/mol. The second-order valence-electron chi connectivity index (χ2n) is 45.8. The standard InChI is InChI=1S/C25H40N2.C25H33NO.C24H38N2.C22H26BrNO.C21H27N/c1-24(2,3)22-10-15-26-23-9-8-20(18-21(22)23)19-27-16-7-13-25(14-17-27)11-5-4-6-12-25;1-6-10-21-16-20(15-19-11-8-7-9-12-19)17-22-23(25(3,4)5)13-14-26(18(2)27)24(21)22;1-23(2,3)21-10-14-25-22-9-8-19(16-20(21)22)17-26-15-7-13-24(18-26)11-5-4-6-12-24;1-15(25)24-11-10-19(22(2,3)4)18-13-17(14-20(23)21(18)24)12-16-8-6-5-7-9-16;1-21(2,3)19-10-7-13-22-20-12-11-17(15-18(19)20)14-16-8-5-4-6-9-16/h8-9,18,22,26H,4-7,10-17,19H2,1-3H3;7-9,11-12,16-17,23H,6,10,13-15H2,1-5H3;8-9,16,21,25H,4-7,10-15,17-18H2,1-3H3;5-9,13-14,19H,10-12H2,1-4H3;4-6,8-9,11-12,15,19,22H,7,10,13-14H2,1-3H3. The van der Waals surface area contributed by atoms with Gasteiger partial charge in [-0.2, -0.15) is 0 Å². The van der Waals surface area contributed by atoms with Crippen molar-refractivity contribution in [1.29, 1.82) is 0 Å². The van der Waals surface area contributed by atoms with E-state index in [0.29, 0.717) is 56.7 Å². The number of carbonyl (C=O) groups is 2. The molecule has 0 bridgehead atoms. The molecule has 9 nitrogen and oxygen atoms in total. The van der Waals surface area contributed by atoms with Gasteiger partial charge in [-0.05, 0) is 327 Å². The Kier molecular flexibility index (Phi) is 32.7. The fraction of sp³-hybridized carbons (Fsp3) is 0.573. The molecule has 5 unspecified atom stereocenters. The van der Waals surface area contributed by atoms with E-state index < -0.39 is 0 Å². The number of amides is 2. The average Bonchev–Trinajstić information content (AvgIpc) is 1.18. The highest BCUT2D eigenvalue weighted by Crippen LogP contribution is 2.53. The van der Waals surface area contributed by atoms with Crippen molar-refractivity contribution in [1.82, 2.24) is 9.80 Å². The van der Waals surface area contributed by atoms with Crippen LogP contribution in [-0.2, 0) is 48.4 Å². The number of rotatable bonds is 12. The van der Waals surface area contributed by atoms with Crippen LogP contribution in [-0.4, -0.2) is 80.5 Å². The minimum absolute atomic E-state index is 0.116. The summed E-state index contributed by atoms with van der Waals surface area (Å²) in [6.07, 6.45) is 34.0. The van der Waals surface area contributed by atoms with Crippen LogP contribution in [0.25, 0.3) is 0 Å². The molecule has 2 spiro atoms. The Morgan fingerprint density at radius 1 is 0.346 bits per heavy atom. The van der Waals surface area contributed by atoms with Gasteiger partial charge < -0.3 is 25.8 Å². The Balaban J connectivity index is 0.000000136. The number of likely N-dealkylation sites (tertiary alicyclic amines) is 2. The third kappa shape index (κ3) is 25.6. The smallest absolute Gasteiger partial charge is 0.223 e. The van der Waals surface area contributed by atoms with Gasteiger partial charge in [0.05, 0.1) is 11.4 Å². The van der Waals surface area contributed by atoms with E-state index in [4.69, 9.17) is 0 Å². The molecule has 127 heavy (non-hydrogen) atoms. The summed E-state index contributed by atoms with van der Waals surface area (Å²) in [6.45, 7) is 53.4. The zero-order valence-electron chi connectivity index (χ0n) is 82.2. The summed E-state index contributed by atoms with van der Waals surface area (Å²) in [7, 11) is 0. The van der Waals surface area contributed by atoms with E-state index in [1.54, 1.807) is 25.0 Å². The molecule has 5 atom stereocenters. The first-order chi connectivity index (χ1) is 60.5. The van der Waals surface area contributed by atoms with Crippen LogP contribution in [0, 0.1) is 37.9 Å². The minimum Gasteiger partial charge on any atom is -0.385 e. The number of hydrogen-bond acceptors (Lipinski definition) is 7. The predicted octanol–water partition coefficient (Wildman–Crippen LogP) is 30.4. The van der Waals surface area contributed by atoms with Crippen molar-refractivity contribution in [3.8, 4) is 0 Å². The first-order valence-electron chi connectivity index (χ1n) is 50.2. The number of anilines is 5. The number of halogens is 1. The van der Waals surface area contributed by atoms with Crippen LogP contribution in [0.4, 0.5) is 28.4 Å². The van der Waals surface area contributed by atoms with Crippen LogP contribution in [0.2, 0.25) is 0 Å². The normalized spacial score (nSPS) is 21.1. The van der Waals surface area contributed by atoms with Gasteiger partial charge in [-0.25, -0.2) is 0 Å². The zero-order valence-corrected chi connectivity index (χ0v) is 83.8. The van der Waals surface area contributed by atoms with E-state index >= 15 is 0 Å². The number of piperidine rings is 1. The van der Waals surface area contributed by atoms with E-state index in [1.807, 2.05) is 15.9 Å². The quantitative estimate of drug-likeness (QED) is 0.112. The zero-order chi connectivity index (χ0) is 90.5. The molecular weight excluding hydrogens is 1620 g/mol. The van der Waals surface area contributed by atoms with Crippen molar-refractivity contribution in [2.24, 2.45) is 37.9 Å². The second kappa shape index (κ2) is 42.8. The van der Waals surface area contributed by atoms with Crippen molar-refractivity contribution in [2.45, 2.75) is 334 Å². The molecule has 2 saturated heterocycles. The molecule has 8 aromatic carbocycles. The van der Waals surface area contributed by atoms with E-state index in [0.717, 1.165) is 101 Å². The van der Waals surface area contributed by atoms with Crippen molar-refractivity contribution >= 4 is 56.2 Å². The molecule has 0 radical (unpaired) electrons. The lowest BCUT2D eigenvalue weighted by molar-refractivity contribution is -0.117. The Bertz CT molecular complexity index is 4880. The highest BCUT2D eigenvalue weighted by molar-refractivity contribution is 9.10. The number of carbonyl (C=O) groups excluding carboxylic acids is 2. The first-order valence-corrected chi connectivity index (χ1v) is 51.0. The van der Waals surface area contributed by atoms with Gasteiger partial charge in [0.1, 0.15) is 0 Å². The van der Waals surface area contributed by atoms with Crippen molar-refractivity contribution in [2.75, 3.05) is 84.7 Å². The third-order valence-electron chi connectivity index (χ3n) is 30.7. The van der Waals surface area contributed by atoms with Gasteiger partial charge in [-0.1, -0.05) is 301 Å². The number of aryl methyl sites for hydroxylation is 1. The molecule has 0 aromatic heterocycles. The van der Waals surface area contributed by atoms with Gasteiger partial charge in [0.25, 0.3) is 0 Å². The molecule has 7 heterocycles. The fourth-order valence-electron chi connectivity index (χ4n) is 24.1. The maximum absolute atomic E-state index is 12.4. The van der Waals surface area contributed by atoms with Gasteiger partial charge in [-0.3, -0.25) is 19.4 Å². The highest BCUT2D eigenvalue weighted by atomic mass is 79.9. The van der Waals surface area contributed by atoms with Crippen LogP contribution >= 0.6 is 15.9 Å². The predicted molar refractivity (Wildman–Crippen MR) is 547 cm³/mol. The molecule has 17 rings (SSSR count). The summed E-state index contributed by atoms with van der Waals surface area (Å²) >= 11 is 3.76. The summed E-state index contributed by atoms with van der Waals surface area (Å²) in [4.78, 5) is 34.0. The van der Waals surface area contributed by atoms with Crippen LogP contribution in [0.1, 0.15) is 373 Å². The topological polar surface area (TPSA) is 83.2 Å². The minimum atomic E-state index is 0.116. The summed E-state index contributed by atoms with van der Waals surface area (Å²) in [5.41, 5.74) is 28.9. The van der Waals surface area contributed by atoms with Crippen LogP contribution in [0.15, 0.2) is 174 Å². The van der Waals surface area contributed by atoms with E-state index in [-0.39, 0.29) is 22.6 Å². The highest BCUT2D eigenvalue weighted by Gasteiger charge is 2.42. The van der Waals surface area contributed by atoms with E-state index in [1.165, 1.54) is 238 Å². The molecule has 686 valence electrons. The molecule has 9 aliphatic rings. The molecular formula is C117H164BrN7O2. The number of benzene rings is 8. The van der Waals surface area contributed by atoms with Crippen molar-refractivity contribution in [3.63, 3.8) is 0 Å². The van der Waals surface area contributed by atoms with Crippen molar-refractivity contribution < 1.29 is 9.59 Å². The molecule has 7 aliphatic heterocycles. The van der Waals surface area contributed by atoms with Crippen molar-refractivity contribution in [3.05, 3.63) is 252 Å². The van der Waals surface area contributed by atoms with Crippen LogP contribution in [0.5, 0.6) is 0 Å². The number of fused-ring (bicyclic) bond motifs is 5. The number of nitrogens with zero attached hydrogens (tertiary/aromatic N) is 4. The molecule has 2 saturated carbocycles. The lowest BCUT2D eigenvalue weighted by Crippen LogP contribution is -2.43. The average molecular weight is 1780 g/mol. The molecule has 4 fully saturated rings. The molecule has 3 N–H and O–H groups in total. The van der Waals surface area contributed by atoms with E-state index in [2.05, 4.69) is 316 Å². The Morgan fingerprint density at radius 2 is 0.717 bits per heavy atom. The van der Waals surface area contributed by atoms with Gasteiger partial charge in [0, 0.05) is 87.7 Å². The fourth-order valence-corrected chi connectivity index (χ4v) is 24.8. The number of nitrogens with one attached hydrogen (secondary N) is 3. The summed E-state index contributed by atoms with van der Waals surface area (Å²) in [5.74, 6) is 3.18. The summed E-state index contributed by atoms with van der Waals surface area (Å²) in [6, 6.07) is 62.7. The van der Waals surface area contributed by atoms with Crippen LogP contribution < -0.4 is 25.8 Å². The van der Waals surface area contributed by atoms with Gasteiger partial charge in [0.2, 0.25) is 11.8 Å². The molecule has 10 heteroatoms. The third-order valence-corrected chi connectivity index (χ3v) is 31.3. The van der Waals surface area contributed by atoms with Gasteiger partial charge in [-0.15, -0.1) is 0 Å². The molecule has 8 aromatic rings. The van der Waals surface area contributed by atoms with Gasteiger partial charge >= 0.3 is 0 Å². The summed E-state index contributed by atoms with van der Waals surface area (Å²) < 4.78 is 1.03. The maximum Gasteiger partial charge on any atom is 0.223 e. The maximum atomic E-state index is 12.4. The Hall–Kier alpha value is -7.50. The van der Waals surface area contributed by atoms with Gasteiger partial charge in [0.15, 0.2) is 0 Å². The SMILES string of the molecule is CC(=O)N1CCC(C(C)(C)C)c2cc(Cc3ccccc3)cc(Br)c21.CC(C)(C)C1CCCNc2ccc(Cc3ccccc3)cc21.CC(C)(C)C1CCNc2ccc(CN3CCCC4(CCCCC4)C3)cc21.CC(C)(C)C1CCNc2ccc(CN3CCCC4(CCCCC4)CC3)cc21.CCCc1cc(Cc2ccccc2)cc2c1N(C(C)=O)CCC2C(C)(C)C.